The quantitative estimate of drug-likeness (QED) is 0.0188. The topological polar surface area (TPSA) is 259 Å². The highest BCUT2D eigenvalue weighted by Gasteiger charge is 2.47. The second kappa shape index (κ2) is 37.4. The molecule has 1 unspecified atom stereocenters. The van der Waals surface area contributed by atoms with Gasteiger partial charge in [0.25, 0.3) is 0 Å². The fraction of sp³-hybridized carbons (Fsp3) is 0.857. The number of aliphatic hydroxyl groups is 1. The zero-order chi connectivity index (χ0) is 50.0. The maximum absolute atomic E-state index is 13.3. The van der Waals surface area contributed by atoms with Crippen LogP contribution in [-0.4, -0.2) is 112 Å². The van der Waals surface area contributed by atoms with Gasteiger partial charge in [0, 0.05) is 19.8 Å². The molecule has 9 atom stereocenters. The lowest BCUT2D eigenvalue weighted by Gasteiger charge is -2.43. The Hall–Kier alpha value is -3.48. The van der Waals surface area contributed by atoms with Gasteiger partial charge < -0.3 is 50.8 Å². The normalized spacial score (nSPS) is 19.9. The van der Waals surface area contributed by atoms with Gasteiger partial charge in [0.15, 0.2) is 0 Å². The monoisotopic (exact) mass is 973 g/mol. The summed E-state index contributed by atoms with van der Waals surface area (Å²) in [7, 11) is 0. The summed E-state index contributed by atoms with van der Waals surface area (Å²) >= 11 is 4.47. The molecule has 388 valence electrons. The van der Waals surface area contributed by atoms with Crippen LogP contribution < -0.4 is 21.7 Å². The Morgan fingerprint density at radius 3 is 1.69 bits per heavy atom. The first kappa shape index (κ1) is 61.5. The van der Waals surface area contributed by atoms with Gasteiger partial charge in [-0.2, -0.15) is 0 Å². The summed E-state index contributed by atoms with van der Waals surface area (Å²) < 4.78 is 23.3. The summed E-state index contributed by atoms with van der Waals surface area (Å²) in [5, 5.41) is 27.8. The molecule has 17 nitrogen and oxygen atoms in total. The van der Waals surface area contributed by atoms with E-state index in [1.165, 1.54) is 111 Å². The lowest BCUT2D eigenvalue weighted by Crippen LogP contribution is -2.64. The minimum atomic E-state index is -1.55. The van der Waals surface area contributed by atoms with Crippen LogP contribution >= 0.6 is 12.6 Å². The standard InChI is InChI=1S/C49H88N4O13S/c1-6-8-10-12-14-16-18-20-22-24-26-28-37(65-41(57)29-27-25-23-21-19-17-15-13-11-9-7-2)32-42(58)63-33-39-44(59)45(43(49(67)66-39)52-36(5)54)64-35(4)48(62)51-34(3)47(61)53-38(46(50)60)30-31-40(55)56/h34-35,37-39,43-45,49,59,67H,6-33H2,1-5H3,(H2,50,60)(H,51,62)(H,52,54)(H,53,61)(H,55,56)/t34-,35?,37+,38+,39+,43+,44+,45-,49-/m0/s1. The lowest BCUT2D eigenvalue weighted by molar-refractivity contribution is -0.204. The van der Waals surface area contributed by atoms with Gasteiger partial charge in [-0.1, -0.05) is 142 Å². The van der Waals surface area contributed by atoms with E-state index < -0.39 is 103 Å². The number of esters is 2. The maximum atomic E-state index is 13.3. The zero-order valence-electron chi connectivity index (χ0n) is 41.4. The molecule has 0 bridgehead atoms. The highest BCUT2D eigenvalue weighted by molar-refractivity contribution is 7.80. The molecule has 0 spiro atoms. The van der Waals surface area contributed by atoms with E-state index in [0.29, 0.717) is 6.42 Å². The summed E-state index contributed by atoms with van der Waals surface area (Å²) in [5.74, 6) is -5.26. The Balaban J connectivity index is 2.86. The average Bonchev–Trinajstić information content (AvgIpc) is 3.27. The number of amides is 4. The van der Waals surface area contributed by atoms with Crippen molar-refractivity contribution in [2.75, 3.05) is 6.61 Å². The second-order valence-corrected chi connectivity index (χ2v) is 18.8. The number of carbonyl (C=O) groups excluding carboxylic acids is 6. The minimum Gasteiger partial charge on any atom is -0.481 e. The first-order chi connectivity index (χ1) is 32.0. The van der Waals surface area contributed by atoms with Crippen molar-refractivity contribution in [1.82, 2.24) is 16.0 Å². The molecule has 0 aromatic carbocycles. The number of unbranched alkanes of at least 4 members (excludes halogenated alkanes) is 20. The van der Waals surface area contributed by atoms with Crippen LogP contribution in [0.15, 0.2) is 0 Å². The molecule has 1 heterocycles. The molecule has 4 amide bonds. The van der Waals surface area contributed by atoms with E-state index in [9.17, 15) is 38.7 Å². The fourth-order valence-electron chi connectivity index (χ4n) is 8.00. The molecule has 0 radical (unpaired) electrons. The Kier molecular flexibility index (Phi) is 34.4. The molecule has 1 saturated heterocycles. The van der Waals surface area contributed by atoms with Crippen LogP contribution in [0.5, 0.6) is 0 Å². The number of primary amides is 1. The Morgan fingerprint density at radius 2 is 1.19 bits per heavy atom. The van der Waals surface area contributed by atoms with Crippen molar-refractivity contribution in [3.63, 3.8) is 0 Å². The van der Waals surface area contributed by atoms with Gasteiger partial charge in [0.2, 0.25) is 23.6 Å². The number of nitrogens with two attached hydrogens (primary N) is 1. The number of hydrogen-bond acceptors (Lipinski definition) is 13. The van der Waals surface area contributed by atoms with Crippen LogP contribution in [0.1, 0.15) is 208 Å². The molecule has 18 heteroatoms. The number of thiol groups is 1. The van der Waals surface area contributed by atoms with Crippen molar-refractivity contribution in [1.29, 1.82) is 0 Å². The third-order valence-electron chi connectivity index (χ3n) is 12.1. The lowest BCUT2D eigenvalue weighted by atomic mass is 9.97. The fourth-order valence-corrected chi connectivity index (χ4v) is 8.40. The van der Waals surface area contributed by atoms with E-state index in [2.05, 4.69) is 42.4 Å². The number of aliphatic hydroxyl groups excluding tert-OH is 1. The van der Waals surface area contributed by atoms with Gasteiger partial charge in [-0.15, -0.1) is 12.6 Å². The van der Waals surface area contributed by atoms with Crippen LogP contribution in [0.4, 0.5) is 0 Å². The van der Waals surface area contributed by atoms with Gasteiger partial charge in [-0.3, -0.25) is 33.6 Å². The van der Waals surface area contributed by atoms with Gasteiger partial charge in [-0.25, -0.2) is 0 Å². The number of carboxylic acid groups (broad SMARTS) is 1. The molecule has 1 rings (SSSR count). The predicted octanol–water partition coefficient (Wildman–Crippen LogP) is 6.87. The number of carboxylic acids is 1. The van der Waals surface area contributed by atoms with Crippen molar-refractivity contribution in [3.05, 3.63) is 0 Å². The molecule has 0 aromatic heterocycles. The van der Waals surface area contributed by atoms with Crippen LogP contribution in [0, 0.1) is 0 Å². The third kappa shape index (κ3) is 29.2. The zero-order valence-corrected chi connectivity index (χ0v) is 42.3. The molecule has 0 aromatic rings. The molecular formula is C49H88N4O13S. The van der Waals surface area contributed by atoms with Crippen molar-refractivity contribution < 1.29 is 62.7 Å². The van der Waals surface area contributed by atoms with Crippen molar-refractivity contribution in [2.45, 2.75) is 262 Å². The number of aliphatic carboxylic acids is 1. The number of hydrogen-bond donors (Lipinski definition) is 7. The van der Waals surface area contributed by atoms with Gasteiger partial charge >= 0.3 is 17.9 Å². The number of rotatable bonds is 40. The van der Waals surface area contributed by atoms with Crippen molar-refractivity contribution in [3.8, 4) is 0 Å². The molecule has 67 heavy (non-hydrogen) atoms. The molecule has 1 fully saturated rings. The van der Waals surface area contributed by atoms with E-state index in [1.54, 1.807) is 0 Å². The SMILES string of the molecule is CCCCCCCCCCCCCC(=O)O[C@H](CCCCCCCCCCCCC)CC(=O)OC[C@H]1O[C@@H](S)[C@H](NC(C)=O)[C@H](OC(C)C(=O)N[C@@H](C)C(=O)N[C@H](CCC(=O)O)C(N)=O)[C@@H]1O. The molecule has 0 aliphatic carbocycles. The average molecular weight is 973 g/mol. The first-order valence-corrected chi connectivity index (χ1v) is 25.9. The molecule has 1 aliphatic heterocycles. The minimum absolute atomic E-state index is 0.188. The third-order valence-corrected chi connectivity index (χ3v) is 12.5. The Labute approximate surface area is 406 Å². The first-order valence-electron chi connectivity index (χ1n) is 25.4. The van der Waals surface area contributed by atoms with E-state index in [0.717, 1.165) is 51.4 Å². The second-order valence-electron chi connectivity index (χ2n) is 18.3. The van der Waals surface area contributed by atoms with Crippen molar-refractivity contribution >= 4 is 54.2 Å². The van der Waals surface area contributed by atoms with Gasteiger partial charge in [-0.05, 0) is 39.5 Å². The van der Waals surface area contributed by atoms with E-state index in [4.69, 9.17) is 29.8 Å². The number of nitrogens with one attached hydrogen (secondary N) is 3. The van der Waals surface area contributed by atoms with E-state index in [1.807, 2.05) is 0 Å². The summed E-state index contributed by atoms with van der Waals surface area (Å²) in [5.41, 5.74) is 4.23. The predicted molar refractivity (Wildman–Crippen MR) is 259 cm³/mol. The smallest absolute Gasteiger partial charge is 0.309 e. The van der Waals surface area contributed by atoms with Gasteiger partial charge in [0.05, 0.1) is 12.5 Å². The van der Waals surface area contributed by atoms with Crippen LogP contribution in [0.3, 0.4) is 0 Å². The maximum Gasteiger partial charge on any atom is 0.309 e. The van der Waals surface area contributed by atoms with Crippen LogP contribution in [-0.2, 0) is 52.5 Å². The highest BCUT2D eigenvalue weighted by Crippen LogP contribution is 2.28. The Morgan fingerprint density at radius 1 is 0.687 bits per heavy atom. The molecule has 7 N–H and O–H groups in total. The summed E-state index contributed by atoms with van der Waals surface area (Å²) in [6.07, 6.45) is 19.3. The summed E-state index contributed by atoms with van der Waals surface area (Å²) in [6.45, 7) is 7.91. The van der Waals surface area contributed by atoms with Crippen LogP contribution in [0.25, 0.3) is 0 Å². The Bertz CT molecular complexity index is 1440. The summed E-state index contributed by atoms with van der Waals surface area (Å²) in [4.78, 5) is 87.2. The largest absolute Gasteiger partial charge is 0.481 e. The van der Waals surface area contributed by atoms with E-state index >= 15 is 0 Å². The summed E-state index contributed by atoms with van der Waals surface area (Å²) in [6, 6.07) is -3.58. The van der Waals surface area contributed by atoms with E-state index in [-0.39, 0.29) is 25.2 Å². The number of ether oxygens (including phenoxy) is 4. The van der Waals surface area contributed by atoms with Gasteiger partial charge in [0.1, 0.15) is 54.6 Å². The molecule has 0 saturated carbocycles. The number of carbonyl (C=O) groups is 7. The highest BCUT2D eigenvalue weighted by atomic mass is 32.1. The molecule has 1 aliphatic rings. The van der Waals surface area contributed by atoms with Crippen molar-refractivity contribution in [2.24, 2.45) is 5.73 Å². The molecular weight excluding hydrogens is 885 g/mol. The van der Waals surface area contributed by atoms with Crippen LogP contribution in [0.2, 0.25) is 0 Å².